The molecule has 1 saturated heterocycles. The normalized spacial score (nSPS) is 16.4. The first-order valence-electron chi connectivity index (χ1n) is 5.59. The van der Waals surface area contributed by atoms with E-state index in [0.717, 1.165) is 18.6 Å². The van der Waals surface area contributed by atoms with Crippen LogP contribution in [0.5, 0.6) is 0 Å². The molecule has 4 nitrogen and oxygen atoms in total. The minimum absolute atomic E-state index is 0.0958. The predicted octanol–water partition coefficient (Wildman–Crippen LogP) is 2.46. The first-order chi connectivity index (χ1) is 8.66. The van der Waals surface area contributed by atoms with Gasteiger partial charge in [-0.25, -0.2) is 9.07 Å². The Balaban J connectivity index is 2.18. The Labute approximate surface area is 113 Å². The zero-order valence-electron chi connectivity index (χ0n) is 9.45. The van der Waals surface area contributed by atoms with Gasteiger partial charge in [0, 0.05) is 6.07 Å². The van der Waals surface area contributed by atoms with Gasteiger partial charge >= 0.3 is 0 Å². The molecule has 2 heterocycles. The molecule has 1 aliphatic rings. The smallest absolute Gasteiger partial charge is 0.197 e. The highest BCUT2D eigenvalue weighted by molar-refractivity contribution is 7.71. The Morgan fingerprint density at radius 1 is 1.33 bits per heavy atom. The Morgan fingerprint density at radius 2 is 2.06 bits per heavy atom. The second-order valence-electron chi connectivity index (χ2n) is 4.09. The number of ether oxygens (including phenoxy) is 1. The van der Waals surface area contributed by atoms with Crippen molar-refractivity contribution in [2.45, 2.75) is 0 Å². The van der Waals surface area contributed by atoms with Gasteiger partial charge in [-0.15, -0.1) is 0 Å². The third-order valence-electron chi connectivity index (χ3n) is 2.97. The summed E-state index contributed by atoms with van der Waals surface area (Å²) in [5.41, 5.74) is 1.43. The van der Waals surface area contributed by atoms with Crippen LogP contribution in [0.1, 0.15) is 0 Å². The number of fused-ring (bicyclic) bond motifs is 1. The molecule has 3 rings (SSSR count). The molecule has 0 saturated carbocycles. The van der Waals surface area contributed by atoms with Gasteiger partial charge in [-0.1, -0.05) is 11.6 Å². The number of benzene rings is 1. The molecule has 1 fully saturated rings. The zero-order valence-corrected chi connectivity index (χ0v) is 11.0. The molecule has 1 aliphatic heterocycles. The van der Waals surface area contributed by atoms with E-state index in [1.165, 1.54) is 6.07 Å². The van der Waals surface area contributed by atoms with Gasteiger partial charge in [0.1, 0.15) is 5.82 Å². The molecule has 0 amide bonds. The van der Waals surface area contributed by atoms with Crippen LogP contribution in [0.25, 0.3) is 11.0 Å². The number of nitrogens with one attached hydrogen (secondary N) is 1. The van der Waals surface area contributed by atoms with Gasteiger partial charge in [-0.3, -0.25) is 0 Å². The summed E-state index contributed by atoms with van der Waals surface area (Å²) in [5, 5.41) is 2.16. The highest BCUT2D eigenvalue weighted by atomic mass is 35.5. The zero-order chi connectivity index (χ0) is 12.7. The quantitative estimate of drug-likeness (QED) is 0.818. The molecule has 0 radical (unpaired) electrons. The Morgan fingerprint density at radius 3 is 2.78 bits per heavy atom. The Bertz CT molecular complexity index is 648. The summed E-state index contributed by atoms with van der Waals surface area (Å²) in [4.78, 5) is 2.99. The molecule has 0 spiro atoms. The standard InChI is InChI=1S/C11H11ClFN3OS/c12-7-5-10-9(6-8(7)13)14-11(18)16(10)15-1-3-17-4-2-15/h5-6H,1-4H2,(H,14,18). The fraction of sp³-hybridized carbons (Fsp3) is 0.364. The molecule has 1 aromatic heterocycles. The van der Waals surface area contributed by atoms with E-state index in [4.69, 9.17) is 28.6 Å². The molecule has 1 aromatic carbocycles. The summed E-state index contributed by atoms with van der Waals surface area (Å²) < 4.78 is 21.1. The third-order valence-corrected chi connectivity index (χ3v) is 3.54. The highest BCUT2D eigenvalue weighted by Crippen LogP contribution is 2.23. The minimum atomic E-state index is -0.449. The van der Waals surface area contributed by atoms with Crippen molar-refractivity contribution in [1.29, 1.82) is 0 Å². The molecule has 0 bridgehead atoms. The van der Waals surface area contributed by atoms with Crippen molar-refractivity contribution in [1.82, 2.24) is 9.66 Å². The van der Waals surface area contributed by atoms with Crippen molar-refractivity contribution in [2.75, 3.05) is 31.3 Å². The maximum atomic E-state index is 13.4. The number of rotatable bonds is 1. The van der Waals surface area contributed by atoms with E-state index < -0.39 is 5.82 Å². The highest BCUT2D eigenvalue weighted by Gasteiger charge is 2.16. The Hall–Kier alpha value is -1.11. The van der Waals surface area contributed by atoms with Crippen LogP contribution in [0.15, 0.2) is 12.1 Å². The number of hydrogen-bond acceptors (Lipinski definition) is 3. The van der Waals surface area contributed by atoms with E-state index in [9.17, 15) is 4.39 Å². The number of nitrogens with zero attached hydrogens (tertiary/aromatic N) is 2. The van der Waals surface area contributed by atoms with Crippen molar-refractivity contribution >= 4 is 34.9 Å². The van der Waals surface area contributed by atoms with E-state index in [1.54, 1.807) is 6.07 Å². The third kappa shape index (κ3) is 1.90. The molecule has 1 N–H and O–H groups in total. The summed E-state index contributed by atoms with van der Waals surface area (Å²) in [6.07, 6.45) is 0. The first-order valence-corrected chi connectivity index (χ1v) is 6.38. The van der Waals surface area contributed by atoms with Crippen LogP contribution in [-0.4, -0.2) is 36.0 Å². The van der Waals surface area contributed by atoms with Crippen molar-refractivity contribution in [3.63, 3.8) is 0 Å². The van der Waals surface area contributed by atoms with E-state index in [2.05, 4.69) is 9.99 Å². The lowest BCUT2D eigenvalue weighted by molar-refractivity contribution is 0.111. The number of imidazole rings is 1. The molecule has 2 aromatic rings. The van der Waals surface area contributed by atoms with Crippen LogP contribution >= 0.6 is 23.8 Å². The maximum Gasteiger partial charge on any atom is 0.197 e. The summed E-state index contributed by atoms with van der Waals surface area (Å²) in [5.74, 6) is -0.449. The number of morpholine rings is 1. The molecule has 96 valence electrons. The molecular weight excluding hydrogens is 277 g/mol. The van der Waals surface area contributed by atoms with Crippen molar-refractivity contribution in [2.24, 2.45) is 0 Å². The molecule has 0 atom stereocenters. The topological polar surface area (TPSA) is 33.2 Å². The number of halogens is 2. The fourth-order valence-electron chi connectivity index (χ4n) is 2.12. The van der Waals surface area contributed by atoms with Gasteiger partial charge in [0.15, 0.2) is 4.77 Å². The van der Waals surface area contributed by atoms with E-state index in [-0.39, 0.29) is 5.02 Å². The van der Waals surface area contributed by atoms with E-state index >= 15 is 0 Å². The summed E-state index contributed by atoms with van der Waals surface area (Å²) in [6.45, 7) is 2.80. The lowest BCUT2D eigenvalue weighted by atomic mass is 10.3. The van der Waals surface area contributed by atoms with Crippen LogP contribution < -0.4 is 5.01 Å². The second kappa shape index (κ2) is 4.53. The van der Waals surface area contributed by atoms with Gasteiger partial charge < -0.3 is 14.7 Å². The van der Waals surface area contributed by atoms with Gasteiger partial charge in [0.05, 0.1) is 42.4 Å². The van der Waals surface area contributed by atoms with Crippen LogP contribution in [0.3, 0.4) is 0 Å². The minimum Gasteiger partial charge on any atom is -0.378 e. The number of aromatic amines is 1. The fourth-order valence-corrected chi connectivity index (χ4v) is 2.61. The molecule has 0 unspecified atom stereocenters. The lowest BCUT2D eigenvalue weighted by Crippen LogP contribution is -2.43. The Kier molecular flexibility index (Phi) is 3.01. The van der Waals surface area contributed by atoms with Crippen LogP contribution in [0.4, 0.5) is 4.39 Å². The average molecular weight is 288 g/mol. The maximum absolute atomic E-state index is 13.4. The van der Waals surface area contributed by atoms with Crippen LogP contribution in [-0.2, 0) is 4.74 Å². The first kappa shape index (κ1) is 12.0. The van der Waals surface area contributed by atoms with E-state index in [0.29, 0.717) is 23.5 Å². The summed E-state index contributed by atoms with van der Waals surface area (Å²) in [6, 6.07) is 2.96. The lowest BCUT2D eigenvalue weighted by Gasteiger charge is -2.29. The average Bonchev–Trinajstić information content (AvgIpc) is 2.66. The molecule has 7 heteroatoms. The van der Waals surface area contributed by atoms with Crippen LogP contribution in [0.2, 0.25) is 5.02 Å². The predicted molar refractivity (Wildman–Crippen MR) is 70.9 cm³/mol. The van der Waals surface area contributed by atoms with Gasteiger partial charge in [-0.05, 0) is 18.3 Å². The number of aromatic nitrogens is 2. The molecule has 0 aliphatic carbocycles. The van der Waals surface area contributed by atoms with Crippen molar-refractivity contribution < 1.29 is 9.13 Å². The second-order valence-corrected chi connectivity index (χ2v) is 4.89. The van der Waals surface area contributed by atoms with Crippen molar-refractivity contribution in [3.05, 3.63) is 27.7 Å². The number of H-pyrrole nitrogens is 1. The summed E-state index contributed by atoms with van der Waals surface area (Å²) >= 11 is 11.1. The number of hydrogen-bond donors (Lipinski definition) is 1. The SMILES string of the molecule is Fc1cc2[nH]c(=S)n(N3CCOCC3)c2cc1Cl. The van der Waals surface area contributed by atoms with Crippen molar-refractivity contribution in [3.8, 4) is 0 Å². The van der Waals surface area contributed by atoms with Gasteiger partial charge in [0.2, 0.25) is 0 Å². The molecule has 18 heavy (non-hydrogen) atoms. The van der Waals surface area contributed by atoms with Gasteiger partial charge in [0.25, 0.3) is 0 Å². The van der Waals surface area contributed by atoms with E-state index in [1.807, 2.05) is 4.68 Å². The summed E-state index contributed by atoms with van der Waals surface area (Å²) in [7, 11) is 0. The largest absolute Gasteiger partial charge is 0.378 e. The monoisotopic (exact) mass is 287 g/mol. The van der Waals surface area contributed by atoms with Crippen LogP contribution in [0, 0.1) is 10.6 Å². The van der Waals surface area contributed by atoms with Gasteiger partial charge in [-0.2, -0.15) is 0 Å². The molecular formula is C11H11ClFN3OS.